The Bertz CT molecular complexity index is 923. The molecule has 0 saturated carbocycles. The van der Waals surface area contributed by atoms with Gasteiger partial charge in [0.1, 0.15) is 0 Å². The molecular formula is C19H25N3O3S2. The number of hydrogen-bond donors (Lipinski definition) is 0. The molecule has 27 heavy (non-hydrogen) atoms. The number of hydrogen-bond acceptors (Lipinski definition) is 5. The highest BCUT2D eigenvalue weighted by atomic mass is 32.2. The molecule has 6 nitrogen and oxygen atoms in total. The molecule has 2 heterocycles. The maximum Gasteiger partial charge on any atom is 0.232 e. The number of thioether (sulfide) groups is 1. The summed E-state index contributed by atoms with van der Waals surface area (Å²) in [4.78, 5) is 14.2. The normalized spacial score (nSPS) is 18.6. The number of sulfone groups is 1. The van der Waals surface area contributed by atoms with Gasteiger partial charge in [-0.1, -0.05) is 18.2 Å². The molecule has 0 bridgehead atoms. The monoisotopic (exact) mass is 407 g/mol. The molecule has 0 unspecified atom stereocenters. The molecule has 1 aliphatic rings. The summed E-state index contributed by atoms with van der Waals surface area (Å²) in [5.74, 6) is 0.750. The fourth-order valence-corrected chi connectivity index (χ4v) is 6.82. The molecule has 1 atom stereocenters. The number of rotatable bonds is 6. The van der Waals surface area contributed by atoms with Gasteiger partial charge in [-0.05, 0) is 32.4 Å². The Morgan fingerprint density at radius 2 is 2.00 bits per heavy atom. The zero-order chi connectivity index (χ0) is 19.6. The Hall–Kier alpha value is -1.80. The molecular weight excluding hydrogens is 382 g/mol. The molecule has 1 aliphatic heterocycles. The molecule has 1 aromatic heterocycles. The minimum atomic E-state index is -2.90. The van der Waals surface area contributed by atoms with Gasteiger partial charge in [0.15, 0.2) is 9.84 Å². The number of amides is 1. The quantitative estimate of drug-likeness (QED) is 0.735. The van der Waals surface area contributed by atoms with E-state index < -0.39 is 9.84 Å². The fourth-order valence-electron chi connectivity index (χ4n) is 3.24. The SMILES string of the molecule is Cc1nn(-c2ccccc2)c(C)c1CN(C)C(=O)CS[C@H]1CCS(=O)(=O)C1. The average Bonchev–Trinajstić information content (AvgIpc) is 3.13. The lowest BCUT2D eigenvalue weighted by molar-refractivity contribution is -0.127. The lowest BCUT2D eigenvalue weighted by Crippen LogP contribution is -2.29. The van der Waals surface area contributed by atoms with E-state index in [0.29, 0.717) is 18.7 Å². The first-order chi connectivity index (χ1) is 12.8. The van der Waals surface area contributed by atoms with Gasteiger partial charge in [0, 0.05) is 30.1 Å². The number of aryl methyl sites for hydroxylation is 1. The third-order valence-electron chi connectivity index (χ3n) is 4.90. The van der Waals surface area contributed by atoms with Gasteiger partial charge in [-0.2, -0.15) is 5.10 Å². The van der Waals surface area contributed by atoms with Gasteiger partial charge in [-0.3, -0.25) is 4.79 Å². The van der Waals surface area contributed by atoms with E-state index in [9.17, 15) is 13.2 Å². The van der Waals surface area contributed by atoms with Crippen molar-refractivity contribution in [2.45, 2.75) is 32.1 Å². The van der Waals surface area contributed by atoms with Crippen molar-refractivity contribution in [3.8, 4) is 5.69 Å². The van der Waals surface area contributed by atoms with Gasteiger partial charge in [0.05, 0.1) is 28.6 Å². The van der Waals surface area contributed by atoms with Gasteiger partial charge in [0.2, 0.25) is 5.91 Å². The predicted octanol–water partition coefficient (Wildman–Crippen LogP) is 2.37. The summed E-state index contributed by atoms with van der Waals surface area (Å²) in [5.41, 5.74) is 3.97. The molecule has 0 N–H and O–H groups in total. The van der Waals surface area contributed by atoms with Crippen LogP contribution in [0.2, 0.25) is 0 Å². The van der Waals surface area contributed by atoms with Crippen LogP contribution in [0.25, 0.3) is 5.69 Å². The summed E-state index contributed by atoms with van der Waals surface area (Å²) >= 11 is 1.45. The number of benzene rings is 1. The van der Waals surface area contributed by atoms with E-state index in [0.717, 1.165) is 22.6 Å². The second-order valence-corrected chi connectivity index (χ2v) is 10.5. The smallest absolute Gasteiger partial charge is 0.232 e. The minimum Gasteiger partial charge on any atom is -0.341 e. The highest BCUT2D eigenvalue weighted by molar-refractivity contribution is 8.02. The van der Waals surface area contributed by atoms with Gasteiger partial charge in [-0.25, -0.2) is 13.1 Å². The summed E-state index contributed by atoms with van der Waals surface area (Å²) in [7, 11) is -1.12. The van der Waals surface area contributed by atoms with E-state index in [4.69, 9.17) is 0 Å². The predicted molar refractivity (Wildman–Crippen MR) is 109 cm³/mol. The van der Waals surface area contributed by atoms with Crippen LogP contribution in [0, 0.1) is 13.8 Å². The zero-order valence-electron chi connectivity index (χ0n) is 15.9. The van der Waals surface area contributed by atoms with Crippen molar-refractivity contribution in [3.63, 3.8) is 0 Å². The maximum atomic E-state index is 12.5. The first-order valence-electron chi connectivity index (χ1n) is 8.93. The van der Waals surface area contributed by atoms with E-state index >= 15 is 0 Å². The summed E-state index contributed by atoms with van der Waals surface area (Å²) in [5, 5.41) is 4.66. The van der Waals surface area contributed by atoms with Crippen molar-refractivity contribution < 1.29 is 13.2 Å². The first kappa shape index (κ1) is 19.9. The van der Waals surface area contributed by atoms with Crippen LogP contribution in [-0.4, -0.2) is 58.6 Å². The van der Waals surface area contributed by atoms with Crippen molar-refractivity contribution in [1.29, 1.82) is 0 Å². The topological polar surface area (TPSA) is 72.3 Å². The van der Waals surface area contributed by atoms with Crippen LogP contribution in [0.1, 0.15) is 23.4 Å². The van der Waals surface area contributed by atoms with E-state index in [2.05, 4.69) is 5.10 Å². The number of carbonyl (C=O) groups is 1. The Morgan fingerprint density at radius 3 is 2.63 bits per heavy atom. The van der Waals surface area contributed by atoms with E-state index in [1.807, 2.05) is 48.9 Å². The standard InChI is InChI=1S/C19H25N3O3S2/c1-14-18(15(2)22(20-14)16-7-5-4-6-8-16)11-21(3)19(23)12-26-17-9-10-27(24,25)13-17/h4-8,17H,9-13H2,1-3H3/t17-/m0/s1. The van der Waals surface area contributed by atoms with E-state index in [1.54, 1.807) is 11.9 Å². The molecule has 0 aliphatic carbocycles. The molecule has 0 radical (unpaired) electrons. The van der Waals surface area contributed by atoms with Crippen molar-refractivity contribution >= 4 is 27.5 Å². The van der Waals surface area contributed by atoms with Crippen LogP contribution in [-0.2, 0) is 21.2 Å². The molecule has 2 aromatic rings. The van der Waals surface area contributed by atoms with E-state index in [-0.39, 0.29) is 22.7 Å². The lowest BCUT2D eigenvalue weighted by Gasteiger charge is -2.18. The highest BCUT2D eigenvalue weighted by Crippen LogP contribution is 2.25. The number of aromatic nitrogens is 2. The molecule has 1 saturated heterocycles. The van der Waals surface area contributed by atoms with Gasteiger partial charge < -0.3 is 4.90 Å². The van der Waals surface area contributed by atoms with Gasteiger partial charge >= 0.3 is 0 Å². The molecule has 1 fully saturated rings. The molecule has 146 valence electrons. The van der Waals surface area contributed by atoms with Gasteiger partial charge in [-0.15, -0.1) is 11.8 Å². The lowest BCUT2D eigenvalue weighted by atomic mass is 10.2. The van der Waals surface area contributed by atoms with E-state index in [1.165, 1.54) is 11.8 Å². The molecule has 8 heteroatoms. The average molecular weight is 408 g/mol. The molecule has 1 aromatic carbocycles. The Kier molecular flexibility index (Phi) is 5.95. The summed E-state index contributed by atoms with van der Waals surface area (Å²) in [6.45, 7) is 4.46. The van der Waals surface area contributed by atoms with Crippen LogP contribution >= 0.6 is 11.8 Å². The van der Waals surface area contributed by atoms with Crippen molar-refractivity contribution in [1.82, 2.24) is 14.7 Å². The summed E-state index contributed by atoms with van der Waals surface area (Å²) < 4.78 is 25.0. The van der Waals surface area contributed by atoms with Crippen molar-refractivity contribution in [2.75, 3.05) is 24.3 Å². The molecule has 3 rings (SSSR count). The number of para-hydroxylation sites is 1. The maximum absolute atomic E-state index is 12.5. The third kappa shape index (κ3) is 4.73. The second kappa shape index (κ2) is 8.06. The van der Waals surface area contributed by atoms with Crippen LogP contribution in [0.4, 0.5) is 0 Å². The van der Waals surface area contributed by atoms with Crippen LogP contribution < -0.4 is 0 Å². The Balaban J connectivity index is 1.63. The molecule has 1 amide bonds. The zero-order valence-corrected chi connectivity index (χ0v) is 17.5. The van der Waals surface area contributed by atoms with Crippen LogP contribution in [0.15, 0.2) is 30.3 Å². The van der Waals surface area contributed by atoms with Crippen LogP contribution in [0.5, 0.6) is 0 Å². The van der Waals surface area contributed by atoms with Gasteiger partial charge in [0.25, 0.3) is 0 Å². The largest absolute Gasteiger partial charge is 0.341 e. The van der Waals surface area contributed by atoms with Crippen molar-refractivity contribution in [3.05, 3.63) is 47.3 Å². The highest BCUT2D eigenvalue weighted by Gasteiger charge is 2.29. The Labute approximate surface area is 164 Å². The number of carbonyl (C=O) groups excluding carboxylic acids is 1. The van der Waals surface area contributed by atoms with Crippen molar-refractivity contribution in [2.24, 2.45) is 0 Å². The second-order valence-electron chi connectivity index (χ2n) is 6.98. The Morgan fingerprint density at radius 1 is 1.30 bits per heavy atom. The molecule has 0 spiro atoms. The minimum absolute atomic E-state index is 0.00978. The summed E-state index contributed by atoms with van der Waals surface area (Å²) in [6, 6.07) is 9.92. The summed E-state index contributed by atoms with van der Waals surface area (Å²) in [6.07, 6.45) is 0.645. The number of nitrogens with zero attached hydrogens (tertiary/aromatic N) is 3. The van der Waals surface area contributed by atoms with Crippen LogP contribution in [0.3, 0.4) is 0 Å². The third-order valence-corrected chi connectivity index (χ3v) is 8.16. The first-order valence-corrected chi connectivity index (χ1v) is 11.8. The fraction of sp³-hybridized carbons (Fsp3) is 0.474.